The van der Waals surface area contributed by atoms with Crippen LogP contribution in [-0.4, -0.2) is 25.4 Å². The topological polar surface area (TPSA) is 62.7 Å². The van der Waals surface area contributed by atoms with Gasteiger partial charge in [-0.2, -0.15) is 19.2 Å². The molecule has 0 amide bonds. The first-order valence-corrected chi connectivity index (χ1v) is 7.92. The molecule has 1 atom stereocenters. The number of thiol groups is 1. The van der Waals surface area contributed by atoms with Crippen LogP contribution >= 0.6 is 12.6 Å². The van der Waals surface area contributed by atoms with E-state index in [1.807, 2.05) is 32.9 Å². The summed E-state index contributed by atoms with van der Waals surface area (Å²) in [5.41, 5.74) is 0. The van der Waals surface area contributed by atoms with Crippen LogP contribution in [0.4, 0.5) is 0 Å². The Hall–Kier alpha value is 1.12. The van der Waals surface area contributed by atoms with Crippen molar-refractivity contribution in [2.75, 3.05) is 12.9 Å². The third kappa shape index (κ3) is 203. The summed E-state index contributed by atoms with van der Waals surface area (Å²) in [4.78, 5) is 8.83. The predicted molar refractivity (Wildman–Crippen MR) is 91.2 cm³/mol. The third-order valence-corrected chi connectivity index (χ3v) is 1.50. The number of hydrogen-bond acceptors (Lipinski definition) is 5. The van der Waals surface area contributed by atoms with E-state index in [4.69, 9.17) is 8.71 Å². The Morgan fingerprint density at radius 3 is 1.61 bits per heavy atom. The van der Waals surface area contributed by atoms with Gasteiger partial charge in [0.15, 0.2) is 0 Å². The molecule has 4 nitrogen and oxygen atoms in total. The van der Waals surface area contributed by atoms with Crippen LogP contribution in [0.1, 0.15) is 34.1 Å². The fourth-order valence-corrected chi connectivity index (χ4v) is 0.0786. The Morgan fingerprint density at radius 2 is 1.61 bits per heavy atom. The van der Waals surface area contributed by atoms with Gasteiger partial charge in [-0.25, -0.2) is 0 Å². The van der Waals surface area contributed by atoms with E-state index in [0.717, 1.165) is 25.4 Å². The van der Waals surface area contributed by atoms with E-state index in [-0.39, 0.29) is 49.6 Å². The second-order valence-electron chi connectivity index (χ2n) is 2.66. The quantitative estimate of drug-likeness (QED) is 0.186. The summed E-state index contributed by atoms with van der Waals surface area (Å²) in [6, 6.07) is 0. The minimum Gasteiger partial charge on any atom is 0 e. The van der Waals surface area contributed by atoms with Crippen LogP contribution in [0.25, 0.3) is 0 Å². The van der Waals surface area contributed by atoms with Gasteiger partial charge in [0.2, 0.25) is 0 Å². The fraction of sp³-hybridized carbons (Fsp3) is 0.533. The number of nitrogens with one attached hydrogen (secondary N) is 1. The minimum atomic E-state index is 0. The standard InChI is InChI=1S/C4H8.C3H5O.C3H8S.C2H3O2.C2H3.CH3.HN.3W/c1-3-4-2;1-3-2-4-3;1-2-3-4;1-4-2-3;1-2;;;;;/h3-4H,1-2H3;2-3H,1H3;4H,2-3H2,1H3;1H3;1H,2H2;1H3;1H;;;/q;-1;;3*-1;;;;+2. The fourth-order valence-electron chi connectivity index (χ4n) is 0.0786. The van der Waals surface area contributed by atoms with Gasteiger partial charge in [0.05, 0.1) is 0 Å². The molecule has 0 bridgehead atoms. The average Bonchev–Trinajstić information content (AvgIpc) is 3.34. The van der Waals surface area contributed by atoms with Gasteiger partial charge in [0.1, 0.15) is 0 Å². The van der Waals surface area contributed by atoms with Gasteiger partial charge < -0.3 is 28.3 Å². The molecule has 0 aromatic heterocycles. The van der Waals surface area contributed by atoms with Crippen molar-refractivity contribution in [1.82, 2.24) is 0 Å². The van der Waals surface area contributed by atoms with Crippen LogP contribution in [0.5, 0.6) is 0 Å². The van der Waals surface area contributed by atoms with Gasteiger partial charge in [-0.3, -0.25) is 6.58 Å². The molecule has 1 aliphatic rings. The van der Waals surface area contributed by atoms with Crippen LogP contribution in [0.3, 0.4) is 0 Å². The maximum absolute atomic E-state index is 8.83. The van der Waals surface area contributed by atoms with Gasteiger partial charge >= 0.3 is 44.6 Å². The predicted octanol–water partition coefficient (Wildman–Crippen LogP) is 4.52. The van der Waals surface area contributed by atoms with Crippen molar-refractivity contribution in [1.29, 1.82) is 3.91 Å². The molecule has 1 saturated heterocycles. The van der Waals surface area contributed by atoms with Crippen molar-refractivity contribution in [3.63, 3.8) is 0 Å². The Labute approximate surface area is 190 Å². The summed E-state index contributed by atoms with van der Waals surface area (Å²) in [7, 11) is 1.26. The summed E-state index contributed by atoms with van der Waals surface area (Å²) in [6.07, 6.45) is 5.64. The van der Waals surface area contributed by atoms with Crippen LogP contribution in [0.2, 0.25) is 0 Å². The molecule has 1 fully saturated rings. The van der Waals surface area contributed by atoms with Crippen molar-refractivity contribution in [2.24, 2.45) is 0 Å². The van der Waals surface area contributed by atoms with Crippen LogP contribution < -0.4 is 0 Å². The Kier molecular flexibility index (Phi) is 166. The smallest absolute Gasteiger partial charge is 0 e. The molecule has 0 aromatic carbocycles. The molecule has 0 spiro atoms. The zero-order valence-electron chi connectivity index (χ0n) is 14.9. The number of carbonyl (C=O) groups excluding carboxylic acids is 1. The largest absolute Gasteiger partial charge is 2.00 e. The van der Waals surface area contributed by atoms with Crippen molar-refractivity contribution in [3.8, 4) is 0 Å². The molecule has 1 heterocycles. The number of hydrogen-bond donors (Lipinski definition) is 2. The molecule has 1 N–H and O–H groups in total. The summed E-state index contributed by atoms with van der Waals surface area (Å²) < 4.78 is 14.2. The first-order valence-electron chi connectivity index (χ1n) is 5.82. The number of allylic oxidation sites excluding steroid dienone is 2. The Morgan fingerprint density at radius 1 is 1.43 bits per heavy atom. The number of ether oxygens (including phenoxy) is 2. The molecular formula is C15H31NO3SW3-2. The van der Waals surface area contributed by atoms with Crippen molar-refractivity contribution in [3.05, 3.63) is 39.3 Å². The molecule has 1 rings (SSSR count). The summed E-state index contributed by atoms with van der Waals surface area (Å²) in [5, 5.41) is 0. The second kappa shape index (κ2) is 77.0. The molecular weight excluding hydrogens is 826 g/mol. The summed E-state index contributed by atoms with van der Waals surface area (Å²) >= 11 is 4.75. The monoisotopic (exact) mass is 857 g/mol. The Balaban J connectivity index is -0.0000000195. The summed E-state index contributed by atoms with van der Waals surface area (Å²) in [5.74, 6) is 1.01. The normalized spacial score (nSPS) is 11.1. The van der Waals surface area contributed by atoms with E-state index in [1.165, 1.54) is 20.0 Å². The molecule has 0 saturated carbocycles. The van der Waals surface area contributed by atoms with Crippen LogP contribution in [-0.2, 0) is 76.0 Å². The molecule has 0 aromatic rings. The van der Waals surface area contributed by atoms with Crippen molar-refractivity contribution in [2.45, 2.75) is 40.2 Å². The van der Waals surface area contributed by atoms with E-state index in [9.17, 15) is 0 Å². The SMILES string of the molecule is CC1[CH-]O1.CC=CC.CCCS.CO[C-]=O.[CH-]=C.[CH3-].[NH]=[W].[W+2].[W]. The molecule has 140 valence electrons. The van der Waals surface area contributed by atoms with Gasteiger partial charge in [-0.1, -0.05) is 38.6 Å². The zero-order valence-corrected chi connectivity index (χ0v) is 24.6. The molecule has 8 heteroatoms. The molecule has 23 heavy (non-hydrogen) atoms. The van der Waals surface area contributed by atoms with E-state index >= 15 is 0 Å². The van der Waals surface area contributed by atoms with Crippen molar-refractivity contribution < 1.29 is 76.0 Å². The first kappa shape index (κ1) is 49.6. The minimum absolute atomic E-state index is 0. The molecule has 0 aliphatic carbocycles. The van der Waals surface area contributed by atoms with E-state index < -0.39 is 0 Å². The van der Waals surface area contributed by atoms with Gasteiger partial charge in [-0.05, 0) is 26.0 Å². The molecule has 1 unspecified atom stereocenters. The van der Waals surface area contributed by atoms with Gasteiger partial charge in [-0.15, -0.1) is 0 Å². The van der Waals surface area contributed by atoms with Crippen molar-refractivity contribution >= 4 is 19.1 Å². The molecule has 0 radical (unpaired) electrons. The van der Waals surface area contributed by atoms with Gasteiger partial charge in [0.25, 0.3) is 0 Å². The number of rotatable bonds is 2. The van der Waals surface area contributed by atoms with Gasteiger partial charge in [0, 0.05) is 28.2 Å². The average molecular weight is 857 g/mol. The Bertz CT molecular complexity index is 168. The summed E-state index contributed by atoms with van der Waals surface area (Å²) in [6.45, 7) is 18.1. The maximum atomic E-state index is 8.83. The van der Waals surface area contributed by atoms with Crippen LogP contribution in [0, 0.1) is 24.5 Å². The molecule has 1 aliphatic heterocycles. The first-order chi connectivity index (χ1) is 9.64. The van der Waals surface area contributed by atoms with Crippen LogP contribution in [0.15, 0.2) is 18.7 Å². The zero-order chi connectivity index (χ0) is 17.2. The maximum Gasteiger partial charge on any atom is 2.00 e. The van der Waals surface area contributed by atoms with E-state index in [1.54, 1.807) is 6.61 Å². The third-order valence-electron chi connectivity index (χ3n) is 1.05. The second-order valence-corrected chi connectivity index (χ2v) is 3.10. The van der Waals surface area contributed by atoms with E-state index in [0.29, 0.717) is 6.10 Å². The van der Waals surface area contributed by atoms with E-state index in [2.05, 4.69) is 42.2 Å². The number of epoxide rings is 1. The number of methoxy groups -OCH3 is 1.